The van der Waals surface area contributed by atoms with E-state index in [-0.39, 0.29) is 11.9 Å². The maximum atomic E-state index is 12.6. The van der Waals surface area contributed by atoms with Gasteiger partial charge in [0, 0.05) is 11.7 Å². The molecule has 0 aliphatic rings. The van der Waals surface area contributed by atoms with E-state index in [0.29, 0.717) is 12.5 Å². The molecule has 0 radical (unpaired) electrons. The van der Waals surface area contributed by atoms with Crippen molar-refractivity contribution in [2.24, 2.45) is 5.92 Å². The van der Waals surface area contributed by atoms with Gasteiger partial charge in [-0.3, -0.25) is 4.79 Å². The summed E-state index contributed by atoms with van der Waals surface area (Å²) < 4.78 is 0. The maximum Gasteiger partial charge on any atom is 0.238 e. The van der Waals surface area contributed by atoms with Crippen molar-refractivity contribution in [3.63, 3.8) is 0 Å². The molecule has 0 heterocycles. The van der Waals surface area contributed by atoms with Crippen molar-refractivity contribution in [2.45, 2.75) is 53.0 Å². The lowest BCUT2D eigenvalue weighted by molar-refractivity contribution is -0.115. The smallest absolute Gasteiger partial charge is 0.238 e. The zero-order valence-corrected chi connectivity index (χ0v) is 16.5. The molecule has 2 rings (SSSR count). The van der Waals surface area contributed by atoms with Crippen LogP contribution in [0.5, 0.6) is 0 Å². The molecule has 0 saturated carbocycles. The van der Waals surface area contributed by atoms with Crippen molar-refractivity contribution in [1.82, 2.24) is 5.32 Å². The molecule has 0 unspecified atom stereocenters. The number of anilines is 1. The highest BCUT2D eigenvalue weighted by Crippen LogP contribution is 2.23. The molecule has 0 fully saturated rings. The predicted octanol–water partition coefficient (Wildman–Crippen LogP) is 5.13. The van der Waals surface area contributed by atoms with Crippen molar-refractivity contribution in [3.05, 3.63) is 65.2 Å². The largest absolute Gasteiger partial charge is 0.324 e. The number of para-hydroxylation sites is 1. The van der Waals surface area contributed by atoms with Gasteiger partial charge in [-0.25, -0.2) is 0 Å². The molecule has 3 nitrogen and oxygen atoms in total. The van der Waals surface area contributed by atoms with Gasteiger partial charge in [-0.05, 0) is 41.9 Å². The number of carbonyl (C=O) groups excluding carboxylic acids is 1. The van der Waals surface area contributed by atoms with Crippen LogP contribution >= 0.6 is 0 Å². The molecule has 3 heteroatoms. The minimum absolute atomic E-state index is 0.0188. The van der Waals surface area contributed by atoms with E-state index < -0.39 is 0 Å². The van der Waals surface area contributed by atoms with E-state index in [4.69, 9.17) is 0 Å². The minimum atomic E-state index is 0.0188. The van der Waals surface area contributed by atoms with E-state index in [1.807, 2.05) is 6.07 Å². The predicted molar refractivity (Wildman–Crippen MR) is 110 cm³/mol. The van der Waals surface area contributed by atoms with Crippen molar-refractivity contribution in [1.29, 1.82) is 0 Å². The van der Waals surface area contributed by atoms with Gasteiger partial charge in [-0.15, -0.1) is 0 Å². The van der Waals surface area contributed by atoms with Crippen molar-refractivity contribution in [2.75, 3.05) is 11.9 Å². The molecule has 0 aliphatic heterocycles. The minimum Gasteiger partial charge on any atom is -0.324 e. The summed E-state index contributed by atoms with van der Waals surface area (Å²) in [5.74, 6) is 0.577. The highest BCUT2D eigenvalue weighted by Gasteiger charge is 2.15. The summed E-state index contributed by atoms with van der Waals surface area (Å²) in [6.07, 6.45) is 2.83. The van der Waals surface area contributed by atoms with E-state index in [2.05, 4.69) is 80.8 Å². The quantitative estimate of drug-likeness (QED) is 0.657. The third kappa shape index (κ3) is 5.70. The molecule has 140 valence electrons. The van der Waals surface area contributed by atoms with Crippen LogP contribution in [0.25, 0.3) is 0 Å². The fourth-order valence-corrected chi connectivity index (χ4v) is 3.30. The van der Waals surface area contributed by atoms with Gasteiger partial charge in [-0.2, -0.15) is 0 Å². The summed E-state index contributed by atoms with van der Waals surface area (Å²) in [7, 11) is 0. The molecule has 26 heavy (non-hydrogen) atoms. The van der Waals surface area contributed by atoms with Crippen LogP contribution in [0.3, 0.4) is 0 Å². The molecule has 0 saturated heterocycles. The number of benzene rings is 2. The summed E-state index contributed by atoms with van der Waals surface area (Å²) in [4.78, 5) is 12.6. The zero-order valence-electron chi connectivity index (χ0n) is 16.5. The van der Waals surface area contributed by atoms with Gasteiger partial charge in [0.05, 0.1) is 6.54 Å². The SMILES string of the molecule is CCc1cccc(CC)c1NC(=O)CN[C@@H](CC(C)C)c1ccccc1. The highest BCUT2D eigenvalue weighted by molar-refractivity contribution is 5.93. The van der Waals surface area contributed by atoms with Crippen molar-refractivity contribution >= 4 is 11.6 Å². The fourth-order valence-electron chi connectivity index (χ4n) is 3.30. The molecule has 2 N–H and O–H groups in total. The fraction of sp³-hybridized carbons (Fsp3) is 0.435. The van der Waals surface area contributed by atoms with E-state index in [1.165, 1.54) is 16.7 Å². The summed E-state index contributed by atoms with van der Waals surface area (Å²) >= 11 is 0. The highest BCUT2D eigenvalue weighted by atomic mass is 16.1. The Morgan fingerprint density at radius 3 is 2.08 bits per heavy atom. The summed E-state index contributed by atoms with van der Waals surface area (Å²) in [5, 5.41) is 6.59. The summed E-state index contributed by atoms with van der Waals surface area (Å²) in [5.41, 5.74) is 4.61. The number of amides is 1. The molecule has 1 amide bonds. The molecule has 2 aromatic carbocycles. The van der Waals surface area contributed by atoms with Crippen LogP contribution in [0.4, 0.5) is 5.69 Å². The molecule has 1 atom stereocenters. The van der Waals surface area contributed by atoms with Crippen LogP contribution in [0, 0.1) is 5.92 Å². The molecular weight excluding hydrogens is 320 g/mol. The van der Waals surface area contributed by atoms with Crippen LogP contribution in [0.15, 0.2) is 48.5 Å². The van der Waals surface area contributed by atoms with Crippen molar-refractivity contribution < 1.29 is 4.79 Å². The Kier molecular flexibility index (Phi) is 7.86. The molecule has 0 aliphatic carbocycles. The normalized spacial score (nSPS) is 12.2. The van der Waals surface area contributed by atoms with Gasteiger partial charge in [0.15, 0.2) is 0 Å². The van der Waals surface area contributed by atoms with Gasteiger partial charge in [0.2, 0.25) is 5.91 Å². The van der Waals surface area contributed by atoms with Gasteiger partial charge in [-0.1, -0.05) is 76.2 Å². The molecule has 2 aromatic rings. The second kappa shape index (κ2) is 10.1. The van der Waals surface area contributed by atoms with E-state index in [1.54, 1.807) is 0 Å². The lowest BCUT2D eigenvalue weighted by Gasteiger charge is -2.21. The lowest BCUT2D eigenvalue weighted by atomic mass is 9.97. The molecular formula is C23H32N2O. The average Bonchev–Trinajstić information content (AvgIpc) is 2.65. The van der Waals surface area contributed by atoms with Gasteiger partial charge in [0.25, 0.3) is 0 Å². The van der Waals surface area contributed by atoms with Crippen LogP contribution in [-0.2, 0) is 17.6 Å². The summed E-state index contributed by atoms with van der Waals surface area (Å²) in [6.45, 7) is 8.98. The Morgan fingerprint density at radius 2 is 1.54 bits per heavy atom. The van der Waals surface area contributed by atoms with Crippen molar-refractivity contribution in [3.8, 4) is 0 Å². The van der Waals surface area contributed by atoms with E-state index in [0.717, 1.165) is 24.9 Å². The second-order valence-electron chi connectivity index (χ2n) is 7.18. The first-order valence-corrected chi connectivity index (χ1v) is 9.74. The van der Waals surface area contributed by atoms with Gasteiger partial charge < -0.3 is 10.6 Å². The van der Waals surface area contributed by atoms with Crippen LogP contribution < -0.4 is 10.6 Å². The third-order valence-electron chi connectivity index (χ3n) is 4.68. The second-order valence-corrected chi connectivity index (χ2v) is 7.18. The zero-order chi connectivity index (χ0) is 18.9. The third-order valence-corrected chi connectivity index (χ3v) is 4.68. The monoisotopic (exact) mass is 352 g/mol. The Morgan fingerprint density at radius 1 is 0.923 bits per heavy atom. The first-order chi connectivity index (χ1) is 12.5. The Bertz CT molecular complexity index is 672. The molecule has 0 aromatic heterocycles. The van der Waals surface area contributed by atoms with E-state index >= 15 is 0 Å². The first-order valence-electron chi connectivity index (χ1n) is 9.74. The number of carbonyl (C=O) groups is 1. The van der Waals surface area contributed by atoms with Crippen LogP contribution in [-0.4, -0.2) is 12.5 Å². The number of hydrogen-bond donors (Lipinski definition) is 2. The molecule has 0 bridgehead atoms. The molecule has 0 spiro atoms. The van der Waals surface area contributed by atoms with Crippen LogP contribution in [0.1, 0.15) is 56.8 Å². The standard InChI is InChI=1S/C23H32N2O/c1-5-18-13-10-14-19(6-2)23(18)25-22(26)16-24-21(15-17(3)4)20-11-8-7-9-12-20/h7-14,17,21,24H,5-6,15-16H2,1-4H3,(H,25,26)/t21-/m0/s1. The lowest BCUT2D eigenvalue weighted by Crippen LogP contribution is -2.32. The topological polar surface area (TPSA) is 41.1 Å². The Hall–Kier alpha value is -2.13. The van der Waals surface area contributed by atoms with Gasteiger partial charge in [0.1, 0.15) is 0 Å². The summed E-state index contributed by atoms with van der Waals surface area (Å²) in [6, 6.07) is 16.8. The number of rotatable bonds is 9. The number of aryl methyl sites for hydroxylation is 2. The number of hydrogen-bond acceptors (Lipinski definition) is 2. The average molecular weight is 353 g/mol. The van der Waals surface area contributed by atoms with E-state index in [9.17, 15) is 4.79 Å². The Balaban J connectivity index is 2.05. The first kappa shape index (κ1) is 20.2. The Labute approximate surface area is 158 Å². The maximum absolute atomic E-state index is 12.6. The van der Waals surface area contributed by atoms with Crippen LogP contribution in [0.2, 0.25) is 0 Å². The van der Waals surface area contributed by atoms with Gasteiger partial charge >= 0.3 is 0 Å². The number of nitrogens with one attached hydrogen (secondary N) is 2.